The smallest absolute Gasteiger partial charge is 0.400 e. The molecule has 1 unspecified atom stereocenters. The molecule has 0 aromatic carbocycles. The highest BCUT2D eigenvalue weighted by Gasteiger charge is 2.42. The molecule has 19 heavy (non-hydrogen) atoms. The fraction of sp³-hybridized carbons (Fsp3) is 0.917. The summed E-state index contributed by atoms with van der Waals surface area (Å²) in [6.45, 7) is 0.186. The van der Waals surface area contributed by atoms with Crippen molar-refractivity contribution < 1.29 is 18.4 Å². The molecule has 1 saturated carbocycles. The molecule has 1 aliphatic carbocycles. The number of nitrogens with one attached hydrogen (secondary N) is 1. The highest BCUT2D eigenvalue weighted by atomic mass is 19.4. The third-order valence-corrected chi connectivity index (χ3v) is 3.66. The van der Waals surface area contributed by atoms with Gasteiger partial charge in [-0.3, -0.25) is 0 Å². The molecule has 1 atom stereocenters. The minimum atomic E-state index is -4.49. The maximum Gasteiger partial charge on any atom is 0.400 e. The first-order valence-corrected chi connectivity index (χ1v) is 6.70. The van der Waals surface area contributed by atoms with E-state index < -0.39 is 17.9 Å². The van der Waals surface area contributed by atoms with E-state index in [0.717, 1.165) is 18.8 Å². The molecule has 0 heterocycles. The zero-order valence-corrected chi connectivity index (χ0v) is 10.9. The molecule has 0 bridgehead atoms. The molecule has 4 nitrogen and oxygen atoms in total. The summed E-state index contributed by atoms with van der Waals surface area (Å²) in [5, 5.41) is 13.5. The van der Waals surface area contributed by atoms with Gasteiger partial charge >= 0.3 is 6.18 Å². The SMILES string of the molecule is NC(=NO)C(CNCCCC1CCCC1)C(F)(F)F. The average molecular weight is 281 g/mol. The van der Waals surface area contributed by atoms with E-state index in [4.69, 9.17) is 10.9 Å². The van der Waals surface area contributed by atoms with Gasteiger partial charge in [-0.25, -0.2) is 0 Å². The second-order valence-corrected chi connectivity index (χ2v) is 5.12. The van der Waals surface area contributed by atoms with Crippen molar-refractivity contribution in [3.05, 3.63) is 0 Å². The van der Waals surface area contributed by atoms with Gasteiger partial charge in [-0.15, -0.1) is 0 Å². The molecule has 1 aliphatic rings. The Balaban J connectivity index is 2.21. The number of rotatable bonds is 7. The third kappa shape index (κ3) is 5.67. The van der Waals surface area contributed by atoms with Gasteiger partial charge in [0.05, 0.1) is 0 Å². The predicted octanol–water partition coefficient (Wildman–Crippen LogP) is 2.47. The number of alkyl halides is 3. The number of nitrogens with two attached hydrogens (primary N) is 1. The lowest BCUT2D eigenvalue weighted by Gasteiger charge is -2.19. The van der Waals surface area contributed by atoms with Crippen LogP contribution in [0.5, 0.6) is 0 Å². The Labute approximate surface area is 111 Å². The van der Waals surface area contributed by atoms with Gasteiger partial charge in [-0.1, -0.05) is 30.8 Å². The van der Waals surface area contributed by atoms with Gasteiger partial charge in [-0.2, -0.15) is 13.2 Å². The maximum atomic E-state index is 12.6. The van der Waals surface area contributed by atoms with Crippen molar-refractivity contribution in [3.63, 3.8) is 0 Å². The largest absolute Gasteiger partial charge is 0.409 e. The average Bonchev–Trinajstić information content (AvgIpc) is 2.84. The lowest BCUT2D eigenvalue weighted by Crippen LogP contribution is -2.43. The minimum Gasteiger partial charge on any atom is -0.409 e. The summed E-state index contributed by atoms with van der Waals surface area (Å²) >= 11 is 0. The summed E-state index contributed by atoms with van der Waals surface area (Å²) in [7, 11) is 0. The second kappa shape index (κ2) is 7.57. The van der Waals surface area contributed by atoms with Gasteiger partial charge in [0.25, 0.3) is 0 Å². The van der Waals surface area contributed by atoms with Crippen LogP contribution >= 0.6 is 0 Å². The number of nitrogens with zero attached hydrogens (tertiary/aromatic N) is 1. The van der Waals surface area contributed by atoms with E-state index in [2.05, 4.69) is 10.5 Å². The molecule has 0 aromatic rings. The number of amidine groups is 1. The van der Waals surface area contributed by atoms with Crippen molar-refractivity contribution in [2.45, 2.75) is 44.7 Å². The molecular weight excluding hydrogens is 259 g/mol. The first-order chi connectivity index (χ1) is 8.95. The fourth-order valence-electron chi connectivity index (χ4n) is 2.52. The van der Waals surface area contributed by atoms with Crippen LogP contribution in [0.3, 0.4) is 0 Å². The Morgan fingerprint density at radius 1 is 1.37 bits per heavy atom. The van der Waals surface area contributed by atoms with Crippen LogP contribution in [0.1, 0.15) is 38.5 Å². The fourth-order valence-corrected chi connectivity index (χ4v) is 2.52. The molecule has 1 rings (SSSR count). The third-order valence-electron chi connectivity index (χ3n) is 3.66. The molecule has 112 valence electrons. The number of hydrogen-bond donors (Lipinski definition) is 3. The monoisotopic (exact) mass is 281 g/mol. The van der Waals surface area contributed by atoms with Crippen LogP contribution in [0, 0.1) is 11.8 Å². The zero-order valence-electron chi connectivity index (χ0n) is 10.9. The van der Waals surface area contributed by atoms with Crippen molar-refractivity contribution in [2.24, 2.45) is 22.7 Å². The van der Waals surface area contributed by atoms with Gasteiger partial charge in [0, 0.05) is 6.54 Å². The summed E-state index contributed by atoms with van der Waals surface area (Å²) in [6.07, 6.45) is 2.48. The predicted molar refractivity (Wildman–Crippen MR) is 67.0 cm³/mol. The van der Waals surface area contributed by atoms with Crippen molar-refractivity contribution in [2.75, 3.05) is 13.1 Å². The van der Waals surface area contributed by atoms with E-state index in [1.165, 1.54) is 25.7 Å². The highest BCUT2D eigenvalue weighted by molar-refractivity contribution is 5.83. The van der Waals surface area contributed by atoms with E-state index in [0.29, 0.717) is 6.54 Å². The molecule has 0 saturated heterocycles. The van der Waals surface area contributed by atoms with Gasteiger partial charge in [0.15, 0.2) is 5.84 Å². The molecule has 4 N–H and O–H groups in total. The van der Waals surface area contributed by atoms with Crippen LogP contribution in [-0.2, 0) is 0 Å². The number of hydrogen-bond acceptors (Lipinski definition) is 3. The van der Waals surface area contributed by atoms with Crippen LogP contribution < -0.4 is 11.1 Å². The molecule has 0 radical (unpaired) electrons. The number of oxime groups is 1. The van der Waals surface area contributed by atoms with E-state index >= 15 is 0 Å². The van der Waals surface area contributed by atoms with Gasteiger partial charge in [-0.05, 0) is 25.3 Å². The Bertz CT molecular complexity index is 288. The standard InChI is InChI=1S/C12H22F3N3O/c13-12(14,15)10(11(16)18-19)8-17-7-3-6-9-4-1-2-5-9/h9-10,17,19H,1-8H2,(H2,16,18). The first-order valence-electron chi connectivity index (χ1n) is 6.70. The van der Waals surface area contributed by atoms with E-state index in [1.807, 2.05) is 0 Å². The summed E-state index contributed by atoms with van der Waals surface area (Å²) in [6, 6.07) is 0. The lowest BCUT2D eigenvalue weighted by molar-refractivity contribution is -0.154. The summed E-state index contributed by atoms with van der Waals surface area (Å²) < 4.78 is 37.8. The van der Waals surface area contributed by atoms with Crippen LogP contribution in [-0.4, -0.2) is 30.3 Å². The van der Waals surface area contributed by atoms with E-state index in [-0.39, 0.29) is 6.54 Å². The topological polar surface area (TPSA) is 70.6 Å². The Kier molecular flexibility index (Phi) is 6.41. The molecule has 0 spiro atoms. The Hall–Kier alpha value is -0.980. The van der Waals surface area contributed by atoms with E-state index in [9.17, 15) is 13.2 Å². The van der Waals surface area contributed by atoms with Crippen LogP contribution in [0.4, 0.5) is 13.2 Å². The van der Waals surface area contributed by atoms with Gasteiger partial charge in [0.1, 0.15) is 5.92 Å². The van der Waals surface area contributed by atoms with Gasteiger partial charge in [0.2, 0.25) is 0 Å². The van der Waals surface area contributed by atoms with Crippen molar-refractivity contribution in [1.29, 1.82) is 0 Å². The molecule has 0 aliphatic heterocycles. The molecule has 7 heteroatoms. The summed E-state index contributed by atoms with van der Waals surface area (Å²) in [5.41, 5.74) is 5.06. The highest BCUT2D eigenvalue weighted by Crippen LogP contribution is 2.28. The van der Waals surface area contributed by atoms with Crippen LogP contribution in [0.15, 0.2) is 5.16 Å². The Morgan fingerprint density at radius 2 is 2.00 bits per heavy atom. The van der Waals surface area contributed by atoms with Crippen LogP contribution in [0.25, 0.3) is 0 Å². The lowest BCUT2D eigenvalue weighted by atomic mass is 10.0. The minimum absolute atomic E-state index is 0.343. The summed E-state index contributed by atoms with van der Waals surface area (Å²) in [4.78, 5) is 0. The summed E-state index contributed by atoms with van der Waals surface area (Å²) in [5.74, 6) is -1.98. The zero-order chi connectivity index (χ0) is 14.3. The van der Waals surface area contributed by atoms with Crippen molar-refractivity contribution in [3.8, 4) is 0 Å². The maximum absolute atomic E-state index is 12.6. The molecule has 0 aromatic heterocycles. The number of halogens is 3. The van der Waals surface area contributed by atoms with Crippen LogP contribution in [0.2, 0.25) is 0 Å². The van der Waals surface area contributed by atoms with E-state index in [1.54, 1.807) is 0 Å². The second-order valence-electron chi connectivity index (χ2n) is 5.12. The quantitative estimate of drug-likeness (QED) is 0.221. The van der Waals surface area contributed by atoms with Crippen molar-refractivity contribution in [1.82, 2.24) is 5.32 Å². The Morgan fingerprint density at radius 3 is 2.53 bits per heavy atom. The molecule has 0 amide bonds. The normalized spacial score (nSPS) is 19.8. The molecular formula is C12H22F3N3O. The molecule has 1 fully saturated rings. The van der Waals surface area contributed by atoms with Crippen molar-refractivity contribution >= 4 is 5.84 Å². The van der Waals surface area contributed by atoms with Gasteiger partial charge < -0.3 is 16.3 Å². The first kappa shape index (κ1) is 16.1.